The zero-order chi connectivity index (χ0) is 36.6. The molecule has 0 aliphatic heterocycles. The summed E-state index contributed by atoms with van der Waals surface area (Å²) in [6.07, 6.45) is 0.541. The van der Waals surface area contributed by atoms with Crippen molar-refractivity contribution >= 4 is 27.5 Å². The highest BCUT2D eigenvalue weighted by atomic mass is 35.5. The standard InChI is InChI=1S/C35H44ClN3O11S/c36-28-8-7-24(51(46,47)16-15-48-14-13-38-34(45)39-19-29(41)32(43)33(44)30(42)20-40)17-22(28)21-49-35(10-11-35)27-18-37-12-9-25(27)26-3-1-2-4-31(26)50-23-5-6-23/h1-4,7-9,12,17-18,23,29-30,32-33,40-44H,5-6,10-11,13-16,19-21H2,(H2,38,39,45). The van der Waals surface area contributed by atoms with Crippen molar-refractivity contribution in [1.29, 1.82) is 0 Å². The average molecular weight is 750 g/mol. The van der Waals surface area contributed by atoms with Gasteiger partial charge in [-0.25, -0.2) is 13.2 Å². The summed E-state index contributed by atoms with van der Waals surface area (Å²) < 4.78 is 44.4. The van der Waals surface area contributed by atoms with Gasteiger partial charge in [-0.15, -0.1) is 0 Å². The van der Waals surface area contributed by atoms with E-state index in [1.54, 1.807) is 6.20 Å². The molecule has 0 bridgehead atoms. The Morgan fingerprint density at radius 1 is 0.980 bits per heavy atom. The van der Waals surface area contributed by atoms with Crippen LogP contribution in [0.5, 0.6) is 5.75 Å². The number of hydrogen-bond donors (Lipinski definition) is 7. The predicted octanol–water partition coefficient (Wildman–Crippen LogP) is 1.67. The summed E-state index contributed by atoms with van der Waals surface area (Å²) in [7, 11) is -3.76. The maximum Gasteiger partial charge on any atom is 0.314 e. The molecule has 2 saturated carbocycles. The van der Waals surface area contributed by atoms with E-state index in [9.17, 15) is 33.6 Å². The van der Waals surface area contributed by atoms with Gasteiger partial charge < -0.3 is 50.4 Å². The molecule has 1 heterocycles. The number of sulfone groups is 1. The number of para-hydroxylation sites is 1. The van der Waals surface area contributed by atoms with Crippen LogP contribution in [-0.2, 0) is 31.5 Å². The Labute approximate surface area is 301 Å². The number of ether oxygens (including phenoxy) is 3. The summed E-state index contributed by atoms with van der Waals surface area (Å²) >= 11 is 6.49. The van der Waals surface area contributed by atoms with Crippen molar-refractivity contribution in [3.05, 3.63) is 77.1 Å². The Hall–Kier alpha value is -3.38. The second-order valence-electron chi connectivity index (χ2n) is 12.6. The Morgan fingerprint density at radius 2 is 1.73 bits per heavy atom. The molecule has 5 rings (SSSR count). The summed E-state index contributed by atoms with van der Waals surface area (Å²) in [5, 5.41) is 52.6. The molecule has 278 valence electrons. The Balaban J connectivity index is 1.10. The number of rotatable bonds is 20. The van der Waals surface area contributed by atoms with Crippen molar-refractivity contribution in [3.8, 4) is 16.9 Å². The van der Waals surface area contributed by atoms with Gasteiger partial charge in [-0.05, 0) is 67.1 Å². The molecule has 7 N–H and O–H groups in total. The first kappa shape index (κ1) is 38.8. The summed E-state index contributed by atoms with van der Waals surface area (Å²) in [6, 6.07) is 13.6. The van der Waals surface area contributed by atoms with Gasteiger partial charge in [0.15, 0.2) is 9.84 Å². The Kier molecular flexibility index (Phi) is 13.3. The molecule has 4 atom stereocenters. The molecule has 14 nitrogen and oxygen atoms in total. The number of aliphatic hydroxyl groups is 5. The fourth-order valence-corrected chi connectivity index (χ4v) is 6.74. The lowest BCUT2D eigenvalue weighted by Crippen LogP contribution is -2.50. The lowest BCUT2D eigenvalue weighted by Gasteiger charge is -2.25. The number of nitrogens with zero attached hydrogens (tertiary/aromatic N) is 1. The molecule has 51 heavy (non-hydrogen) atoms. The molecule has 2 amide bonds. The highest BCUT2D eigenvalue weighted by Crippen LogP contribution is 2.53. The number of nitrogens with one attached hydrogen (secondary N) is 2. The SMILES string of the molecule is O=C(NCCOCCS(=O)(=O)c1ccc(Cl)c(COC2(c3cnccc3-c3ccccc3OC3CC3)CC2)c1)NCC(O)C(O)C(O)C(O)CO. The van der Waals surface area contributed by atoms with Crippen molar-refractivity contribution in [2.45, 2.75) is 73.3 Å². The molecule has 0 spiro atoms. The molecular formula is C35H44ClN3O11S. The van der Waals surface area contributed by atoms with Crippen LogP contribution in [0.3, 0.4) is 0 Å². The minimum absolute atomic E-state index is 0.00910. The van der Waals surface area contributed by atoms with Gasteiger partial charge in [0.25, 0.3) is 0 Å². The number of urea groups is 1. The maximum atomic E-state index is 13.1. The van der Waals surface area contributed by atoms with Crippen LogP contribution in [0.25, 0.3) is 11.1 Å². The molecule has 2 aliphatic carbocycles. The lowest BCUT2D eigenvalue weighted by molar-refractivity contribution is -0.113. The molecule has 0 radical (unpaired) electrons. The fraction of sp³-hybridized carbons (Fsp3) is 0.486. The summed E-state index contributed by atoms with van der Waals surface area (Å²) in [4.78, 5) is 16.4. The molecule has 1 aromatic heterocycles. The number of carbonyl (C=O) groups excluding carboxylic acids is 1. The van der Waals surface area contributed by atoms with E-state index in [-0.39, 0.29) is 43.1 Å². The molecular weight excluding hydrogens is 706 g/mol. The summed E-state index contributed by atoms with van der Waals surface area (Å²) in [6.45, 7) is -1.33. The van der Waals surface area contributed by atoms with Gasteiger partial charge in [-0.2, -0.15) is 0 Å². The van der Waals surface area contributed by atoms with Gasteiger partial charge in [0.05, 0.1) is 54.9 Å². The Bertz CT molecular complexity index is 1740. The van der Waals surface area contributed by atoms with Crippen LogP contribution in [0.1, 0.15) is 36.8 Å². The number of aromatic nitrogens is 1. The van der Waals surface area contributed by atoms with Crippen LogP contribution in [-0.4, -0.2) is 114 Å². The molecule has 3 aromatic rings. The number of carbonyl (C=O) groups is 1. The van der Waals surface area contributed by atoms with Crippen LogP contribution in [0.4, 0.5) is 4.79 Å². The first-order chi connectivity index (χ1) is 24.4. The van der Waals surface area contributed by atoms with E-state index in [1.807, 2.05) is 36.5 Å². The second-order valence-corrected chi connectivity index (χ2v) is 15.2. The van der Waals surface area contributed by atoms with Crippen molar-refractivity contribution in [2.24, 2.45) is 0 Å². The minimum atomic E-state index is -3.76. The van der Waals surface area contributed by atoms with Crippen LogP contribution < -0.4 is 15.4 Å². The molecule has 16 heteroatoms. The topological polar surface area (TPSA) is 217 Å². The summed E-state index contributed by atoms with van der Waals surface area (Å²) in [5.74, 6) is 0.498. The normalized spacial score (nSPS) is 17.6. The zero-order valence-corrected chi connectivity index (χ0v) is 29.4. The van der Waals surface area contributed by atoms with E-state index >= 15 is 0 Å². The quantitative estimate of drug-likeness (QED) is 0.0822. The monoisotopic (exact) mass is 749 g/mol. The number of aliphatic hydroxyl groups excluding tert-OH is 5. The average Bonchev–Trinajstić information content (AvgIpc) is 4.08. The molecule has 4 unspecified atom stereocenters. The van der Waals surface area contributed by atoms with Crippen molar-refractivity contribution in [1.82, 2.24) is 15.6 Å². The zero-order valence-electron chi connectivity index (χ0n) is 27.9. The number of benzene rings is 2. The van der Waals surface area contributed by atoms with Crippen molar-refractivity contribution in [2.75, 3.05) is 38.7 Å². The molecule has 2 aromatic carbocycles. The van der Waals surface area contributed by atoms with E-state index in [0.717, 1.165) is 48.1 Å². The lowest BCUT2D eigenvalue weighted by atomic mass is 9.96. The highest BCUT2D eigenvalue weighted by Gasteiger charge is 2.48. The molecule has 2 aliphatic rings. The van der Waals surface area contributed by atoms with E-state index in [0.29, 0.717) is 10.6 Å². The smallest absolute Gasteiger partial charge is 0.314 e. The van der Waals surface area contributed by atoms with Crippen LogP contribution in [0.15, 0.2) is 65.8 Å². The van der Waals surface area contributed by atoms with Crippen LogP contribution >= 0.6 is 11.6 Å². The second kappa shape index (κ2) is 17.4. The molecule has 0 saturated heterocycles. The summed E-state index contributed by atoms with van der Waals surface area (Å²) in [5.41, 5.74) is 2.81. The first-order valence-corrected chi connectivity index (χ1v) is 18.8. The number of amides is 2. The van der Waals surface area contributed by atoms with Crippen molar-refractivity contribution in [3.63, 3.8) is 0 Å². The van der Waals surface area contributed by atoms with E-state index in [1.165, 1.54) is 18.2 Å². The minimum Gasteiger partial charge on any atom is -0.490 e. The molecule has 2 fully saturated rings. The van der Waals surface area contributed by atoms with Gasteiger partial charge in [0.2, 0.25) is 0 Å². The predicted molar refractivity (Wildman–Crippen MR) is 186 cm³/mol. The first-order valence-electron chi connectivity index (χ1n) is 16.7. The third-order valence-electron chi connectivity index (χ3n) is 8.72. The Morgan fingerprint density at radius 3 is 2.45 bits per heavy atom. The fourth-order valence-electron chi connectivity index (χ4n) is 5.39. The van der Waals surface area contributed by atoms with E-state index < -0.39 is 59.0 Å². The van der Waals surface area contributed by atoms with Crippen LogP contribution in [0, 0.1) is 0 Å². The van der Waals surface area contributed by atoms with E-state index in [2.05, 4.69) is 15.6 Å². The third kappa shape index (κ3) is 10.4. The third-order valence-corrected chi connectivity index (χ3v) is 10.8. The van der Waals surface area contributed by atoms with Crippen LogP contribution in [0.2, 0.25) is 5.02 Å². The van der Waals surface area contributed by atoms with Gasteiger partial charge in [0, 0.05) is 41.6 Å². The van der Waals surface area contributed by atoms with Gasteiger partial charge >= 0.3 is 6.03 Å². The van der Waals surface area contributed by atoms with E-state index in [4.69, 9.17) is 30.9 Å². The number of halogens is 1. The van der Waals surface area contributed by atoms with Gasteiger partial charge in [0.1, 0.15) is 24.1 Å². The highest BCUT2D eigenvalue weighted by molar-refractivity contribution is 7.91. The number of hydrogen-bond acceptors (Lipinski definition) is 12. The van der Waals surface area contributed by atoms with Gasteiger partial charge in [-0.3, -0.25) is 4.98 Å². The van der Waals surface area contributed by atoms with Gasteiger partial charge in [-0.1, -0.05) is 29.8 Å². The van der Waals surface area contributed by atoms with Crippen molar-refractivity contribution < 1.29 is 53.0 Å². The maximum absolute atomic E-state index is 13.1. The number of pyridine rings is 1. The largest absolute Gasteiger partial charge is 0.490 e.